The summed E-state index contributed by atoms with van der Waals surface area (Å²) < 4.78 is 7.88. The van der Waals surface area contributed by atoms with Crippen LogP contribution in [0.1, 0.15) is 5.56 Å². The van der Waals surface area contributed by atoms with Crippen LogP contribution in [0.5, 0.6) is 0 Å². The quantitative estimate of drug-likeness (QED) is 0.615. The monoisotopic (exact) mass is 373 g/mol. The number of hydrogen-bond acceptors (Lipinski definition) is 5. The molecular formula is C18H19N3O4S. The molecular weight excluding hydrogens is 354 g/mol. The van der Waals surface area contributed by atoms with Crippen LogP contribution in [0.3, 0.4) is 0 Å². The van der Waals surface area contributed by atoms with E-state index in [4.69, 9.17) is 4.74 Å². The Morgan fingerprint density at radius 2 is 1.92 bits per heavy atom. The van der Waals surface area contributed by atoms with Crippen molar-refractivity contribution in [2.24, 2.45) is 7.05 Å². The summed E-state index contributed by atoms with van der Waals surface area (Å²) in [5, 5.41) is 3.90. The van der Waals surface area contributed by atoms with Gasteiger partial charge in [0.15, 0.2) is 6.61 Å². The first kappa shape index (κ1) is 17.9. The SMILES string of the molecule is CN(Cc1ccsc1)C(=O)COC(=O)Cn1c(=O)n(C)c2ccccc21. The van der Waals surface area contributed by atoms with E-state index in [-0.39, 0.29) is 24.7 Å². The molecule has 0 fully saturated rings. The summed E-state index contributed by atoms with van der Waals surface area (Å²) in [6.07, 6.45) is 0. The van der Waals surface area contributed by atoms with E-state index in [9.17, 15) is 14.4 Å². The summed E-state index contributed by atoms with van der Waals surface area (Å²) in [6.45, 7) is -0.122. The van der Waals surface area contributed by atoms with Crippen LogP contribution in [0.25, 0.3) is 11.0 Å². The van der Waals surface area contributed by atoms with E-state index in [0.29, 0.717) is 12.1 Å². The largest absolute Gasteiger partial charge is 0.454 e. The van der Waals surface area contributed by atoms with Crippen LogP contribution in [0.15, 0.2) is 45.9 Å². The second-order valence-corrected chi connectivity index (χ2v) is 6.74. The summed E-state index contributed by atoms with van der Waals surface area (Å²) in [5.41, 5.74) is 2.11. The zero-order valence-corrected chi connectivity index (χ0v) is 15.4. The highest BCUT2D eigenvalue weighted by Gasteiger charge is 2.16. The Hall–Kier alpha value is -2.87. The lowest BCUT2D eigenvalue weighted by Crippen LogP contribution is -2.32. The Morgan fingerprint density at radius 3 is 2.62 bits per heavy atom. The molecule has 7 nitrogen and oxygen atoms in total. The van der Waals surface area contributed by atoms with Gasteiger partial charge in [0.1, 0.15) is 6.54 Å². The van der Waals surface area contributed by atoms with E-state index in [1.165, 1.54) is 14.0 Å². The molecule has 0 saturated heterocycles. The molecule has 2 heterocycles. The fraction of sp³-hybridized carbons (Fsp3) is 0.278. The molecule has 0 aliphatic rings. The highest BCUT2D eigenvalue weighted by atomic mass is 32.1. The Morgan fingerprint density at radius 1 is 1.19 bits per heavy atom. The van der Waals surface area contributed by atoms with Gasteiger partial charge in [-0.3, -0.25) is 18.7 Å². The number of hydrogen-bond donors (Lipinski definition) is 0. The Bertz CT molecular complexity index is 988. The summed E-state index contributed by atoms with van der Waals surface area (Å²) in [4.78, 5) is 38.0. The minimum atomic E-state index is -0.624. The maximum absolute atomic E-state index is 12.3. The molecule has 0 spiro atoms. The standard InChI is InChI=1S/C18H19N3O4S/c1-19(9-13-7-8-26-12-13)16(22)11-25-17(23)10-21-15-6-4-3-5-14(15)20(2)18(21)24/h3-8,12H,9-11H2,1-2H3. The zero-order chi connectivity index (χ0) is 18.7. The number of nitrogens with zero attached hydrogens (tertiary/aromatic N) is 3. The van der Waals surface area contributed by atoms with Crippen LogP contribution >= 0.6 is 11.3 Å². The summed E-state index contributed by atoms with van der Waals surface area (Å²) in [7, 11) is 3.30. The average Bonchev–Trinajstić information content (AvgIpc) is 3.23. The van der Waals surface area contributed by atoms with Gasteiger partial charge in [0, 0.05) is 20.6 Å². The molecule has 26 heavy (non-hydrogen) atoms. The first-order valence-electron chi connectivity index (χ1n) is 8.02. The normalized spacial score (nSPS) is 10.8. The number of carbonyl (C=O) groups is 2. The first-order chi connectivity index (χ1) is 12.5. The van der Waals surface area contributed by atoms with Crippen molar-refractivity contribution in [2.75, 3.05) is 13.7 Å². The van der Waals surface area contributed by atoms with Gasteiger partial charge < -0.3 is 9.64 Å². The highest BCUT2D eigenvalue weighted by molar-refractivity contribution is 7.07. The number of imidazole rings is 1. The number of amides is 1. The number of carbonyl (C=O) groups excluding carboxylic acids is 2. The molecule has 3 aromatic rings. The van der Waals surface area contributed by atoms with Gasteiger partial charge in [-0.25, -0.2) is 4.79 Å². The maximum atomic E-state index is 12.3. The number of likely N-dealkylation sites (N-methyl/N-ethyl adjacent to an activating group) is 1. The smallest absolute Gasteiger partial charge is 0.329 e. The minimum absolute atomic E-state index is 0.234. The number of esters is 1. The van der Waals surface area contributed by atoms with Crippen LogP contribution in [-0.4, -0.2) is 39.6 Å². The number of rotatable bonds is 6. The predicted molar refractivity (Wildman–Crippen MR) is 98.9 cm³/mol. The third kappa shape index (κ3) is 3.70. The minimum Gasteiger partial charge on any atom is -0.454 e. The molecule has 0 aliphatic heterocycles. The maximum Gasteiger partial charge on any atom is 0.329 e. The number of aryl methyl sites for hydroxylation is 1. The molecule has 0 N–H and O–H groups in total. The second-order valence-electron chi connectivity index (χ2n) is 5.96. The summed E-state index contributed by atoms with van der Waals surface area (Å²) in [6, 6.07) is 9.14. The fourth-order valence-corrected chi connectivity index (χ4v) is 3.35. The number of ether oxygens (including phenoxy) is 1. The summed E-state index contributed by atoms with van der Waals surface area (Å²) in [5.74, 6) is -0.921. The topological polar surface area (TPSA) is 73.5 Å². The number of fused-ring (bicyclic) bond motifs is 1. The molecule has 0 bridgehead atoms. The van der Waals surface area contributed by atoms with Crippen molar-refractivity contribution in [1.82, 2.24) is 14.0 Å². The third-order valence-corrected chi connectivity index (χ3v) is 4.85. The van der Waals surface area contributed by atoms with Crippen LogP contribution in [-0.2, 0) is 34.5 Å². The van der Waals surface area contributed by atoms with Crippen molar-refractivity contribution in [3.63, 3.8) is 0 Å². The molecule has 0 atom stereocenters. The van der Waals surface area contributed by atoms with Gasteiger partial charge in [-0.2, -0.15) is 11.3 Å². The first-order valence-corrected chi connectivity index (χ1v) is 8.96. The van der Waals surface area contributed by atoms with Crippen molar-refractivity contribution >= 4 is 34.2 Å². The molecule has 136 valence electrons. The van der Waals surface area contributed by atoms with E-state index in [1.54, 1.807) is 37.6 Å². The van der Waals surface area contributed by atoms with E-state index in [0.717, 1.165) is 11.1 Å². The van der Waals surface area contributed by atoms with Gasteiger partial charge in [-0.1, -0.05) is 12.1 Å². The van der Waals surface area contributed by atoms with E-state index in [1.807, 2.05) is 29.0 Å². The van der Waals surface area contributed by atoms with E-state index < -0.39 is 5.97 Å². The van der Waals surface area contributed by atoms with Crippen LogP contribution in [0, 0.1) is 0 Å². The Balaban J connectivity index is 1.60. The highest BCUT2D eigenvalue weighted by Crippen LogP contribution is 2.11. The lowest BCUT2D eigenvalue weighted by atomic mass is 10.3. The number of para-hydroxylation sites is 2. The predicted octanol–water partition coefficient (Wildman–Crippen LogP) is 1.60. The molecule has 0 saturated carbocycles. The van der Waals surface area contributed by atoms with Crippen molar-refractivity contribution in [2.45, 2.75) is 13.1 Å². The van der Waals surface area contributed by atoms with Crippen LogP contribution in [0.2, 0.25) is 0 Å². The number of aromatic nitrogens is 2. The van der Waals surface area contributed by atoms with Crippen LogP contribution < -0.4 is 5.69 Å². The average molecular weight is 373 g/mol. The molecule has 0 radical (unpaired) electrons. The van der Waals surface area contributed by atoms with Gasteiger partial charge in [-0.05, 0) is 34.5 Å². The lowest BCUT2D eigenvalue weighted by molar-refractivity contribution is -0.152. The van der Waals surface area contributed by atoms with Gasteiger partial charge in [0.2, 0.25) is 0 Å². The van der Waals surface area contributed by atoms with Crippen molar-refractivity contribution in [1.29, 1.82) is 0 Å². The zero-order valence-electron chi connectivity index (χ0n) is 14.5. The van der Waals surface area contributed by atoms with Crippen molar-refractivity contribution in [3.8, 4) is 0 Å². The molecule has 1 aromatic carbocycles. The molecule has 3 rings (SSSR count). The Labute approximate surface area is 154 Å². The molecule has 8 heteroatoms. The number of thiophene rings is 1. The van der Waals surface area contributed by atoms with Gasteiger partial charge >= 0.3 is 11.7 Å². The van der Waals surface area contributed by atoms with Gasteiger partial charge in [0.05, 0.1) is 11.0 Å². The van der Waals surface area contributed by atoms with E-state index in [2.05, 4.69) is 0 Å². The lowest BCUT2D eigenvalue weighted by Gasteiger charge is -2.16. The van der Waals surface area contributed by atoms with Crippen LogP contribution in [0.4, 0.5) is 0 Å². The van der Waals surface area contributed by atoms with E-state index >= 15 is 0 Å². The molecule has 2 aromatic heterocycles. The second kappa shape index (κ2) is 7.57. The molecule has 0 unspecified atom stereocenters. The Kier molecular flexibility index (Phi) is 5.22. The third-order valence-electron chi connectivity index (χ3n) is 4.12. The molecule has 1 amide bonds. The van der Waals surface area contributed by atoms with Gasteiger partial charge in [0.25, 0.3) is 5.91 Å². The van der Waals surface area contributed by atoms with Crippen molar-refractivity contribution in [3.05, 3.63) is 57.1 Å². The fourth-order valence-electron chi connectivity index (χ4n) is 2.69. The molecule has 0 aliphatic carbocycles. The summed E-state index contributed by atoms with van der Waals surface area (Å²) >= 11 is 1.56. The van der Waals surface area contributed by atoms with Crippen molar-refractivity contribution < 1.29 is 14.3 Å². The number of benzene rings is 1. The van der Waals surface area contributed by atoms with Gasteiger partial charge in [-0.15, -0.1) is 0 Å².